The molecule has 5 nitrogen and oxygen atoms in total. The number of anilines is 3. The van der Waals surface area contributed by atoms with E-state index in [1.807, 2.05) is 42.5 Å². The molecule has 0 aromatic heterocycles. The Labute approximate surface area is 117 Å². The Hall–Kier alpha value is -2.82. The van der Waals surface area contributed by atoms with Crippen molar-refractivity contribution >= 4 is 28.9 Å². The van der Waals surface area contributed by atoms with Gasteiger partial charge in [0.05, 0.1) is 0 Å². The van der Waals surface area contributed by atoms with Crippen molar-refractivity contribution in [1.29, 1.82) is 0 Å². The first-order valence-corrected chi connectivity index (χ1v) is 6.14. The molecule has 0 atom stereocenters. The van der Waals surface area contributed by atoms with E-state index in [2.05, 4.69) is 16.0 Å². The summed E-state index contributed by atoms with van der Waals surface area (Å²) in [5.74, 6) is -1.35. The van der Waals surface area contributed by atoms with Gasteiger partial charge in [-0.3, -0.25) is 9.59 Å². The van der Waals surface area contributed by atoms with E-state index in [4.69, 9.17) is 0 Å². The Bertz CT molecular complexity index is 594. The summed E-state index contributed by atoms with van der Waals surface area (Å²) in [7, 11) is 1.41. The fourth-order valence-corrected chi connectivity index (χ4v) is 1.63. The molecular formula is C15H15N3O2. The first-order valence-electron chi connectivity index (χ1n) is 6.14. The highest BCUT2D eigenvalue weighted by molar-refractivity contribution is 6.39. The summed E-state index contributed by atoms with van der Waals surface area (Å²) >= 11 is 0. The van der Waals surface area contributed by atoms with Crippen molar-refractivity contribution in [3.05, 3.63) is 54.6 Å². The lowest BCUT2D eigenvalue weighted by atomic mass is 10.2. The molecule has 102 valence electrons. The number of hydrogen-bond donors (Lipinski definition) is 3. The minimum atomic E-state index is -0.684. The maximum absolute atomic E-state index is 11.4. The van der Waals surface area contributed by atoms with Gasteiger partial charge in [0.2, 0.25) is 0 Å². The van der Waals surface area contributed by atoms with E-state index < -0.39 is 11.8 Å². The SMILES string of the molecule is CNC(=O)C(=O)Nc1ccc(Nc2ccccc2)cc1. The van der Waals surface area contributed by atoms with Crippen LogP contribution in [0.3, 0.4) is 0 Å². The van der Waals surface area contributed by atoms with E-state index in [1.54, 1.807) is 12.1 Å². The van der Waals surface area contributed by atoms with Gasteiger partial charge in [-0.25, -0.2) is 0 Å². The van der Waals surface area contributed by atoms with Gasteiger partial charge in [-0.2, -0.15) is 0 Å². The molecule has 2 aromatic carbocycles. The van der Waals surface area contributed by atoms with Crippen molar-refractivity contribution in [2.75, 3.05) is 17.7 Å². The van der Waals surface area contributed by atoms with Crippen LogP contribution in [0.1, 0.15) is 0 Å². The van der Waals surface area contributed by atoms with E-state index in [1.165, 1.54) is 7.05 Å². The average molecular weight is 269 g/mol. The topological polar surface area (TPSA) is 70.2 Å². The third-order valence-corrected chi connectivity index (χ3v) is 2.64. The van der Waals surface area contributed by atoms with Crippen LogP contribution in [-0.4, -0.2) is 18.9 Å². The summed E-state index contributed by atoms with van der Waals surface area (Å²) in [6.07, 6.45) is 0. The second-order valence-electron chi connectivity index (χ2n) is 4.10. The quantitative estimate of drug-likeness (QED) is 0.747. The lowest BCUT2D eigenvalue weighted by Crippen LogP contribution is -2.32. The highest BCUT2D eigenvalue weighted by Gasteiger charge is 2.10. The Balaban J connectivity index is 2.00. The normalized spacial score (nSPS) is 9.65. The van der Waals surface area contributed by atoms with Gasteiger partial charge in [0.1, 0.15) is 0 Å². The summed E-state index contributed by atoms with van der Waals surface area (Å²) in [5, 5.41) is 8.00. The van der Waals surface area contributed by atoms with E-state index in [-0.39, 0.29) is 0 Å². The second kappa shape index (κ2) is 6.38. The molecule has 0 aliphatic rings. The Morgan fingerprint density at radius 2 is 1.30 bits per heavy atom. The Morgan fingerprint density at radius 3 is 1.90 bits per heavy atom. The minimum absolute atomic E-state index is 0.567. The highest BCUT2D eigenvalue weighted by atomic mass is 16.2. The van der Waals surface area contributed by atoms with Crippen molar-refractivity contribution in [2.45, 2.75) is 0 Å². The van der Waals surface area contributed by atoms with Crippen LogP contribution in [0.2, 0.25) is 0 Å². The van der Waals surface area contributed by atoms with Crippen molar-refractivity contribution in [1.82, 2.24) is 5.32 Å². The minimum Gasteiger partial charge on any atom is -0.356 e. The third-order valence-electron chi connectivity index (χ3n) is 2.64. The number of carbonyl (C=O) groups excluding carboxylic acids is 2. The predicted octanol–water partition coefficient (Wildman–Crippen LogP) is 2.11. The molecule has 5 heteroatoms. The summed E-state index contributed by atoms with van der Waals surface area (Å²) in [4.78, 5) is 22.5. The van der Waals surface area contributed by atoms with Crippen LogP contribution >= 0.6 is 0 Å². The smallest absolute Gasteiger partial charge is 0.313 e. The molecule has 0 radical (unpaired) electrons. The van der Waals surface area contributed by atoms with Crippen molar-refractivity contribution in [3.8, 4) is 0 Å². The second-order valence-corrected chi connectivity index (χ2v) is 4.10. The van der Waals surface area contributed by atoms with Gasteiger partial charge in [0.25, 0.3) is 0 Å². The largest absolute Gasteiger partial charge is 0.356 e. The Kier molecular flexibility index (Phi) is 4.34. The summed E-state index contributed by atoms with van der Waals surface area (Å²) in [6, 6.07) is 16.9. The molecule has 2 amide bonds. The monoisotopic (exact) mass is 269 g/mol. The molecular weight excluding hydrogens is 254 g/mol. The predicted molar refractivity (Wildman–Crippen MR) is 78.9 cm³/mol. The fraction of sp³-hybridized carbons (Fsp3) is 0.0667. The molecule has 0 spiro atoms. The number of nitrogens with one attached hydrogen (secondary N) is 3. The standard InChI is InChI=1S/C15H15N3O2/c1-16-14(19)15(20)18-13-9-7-12(8-10-13)17-11-5-3-2-4-6-11/h2-10,17H,1H3,(H,16,19)(H,18,20). The third kappa shape index (κ3) is 3.58. The zero-order valence-corrected chi connectivity index (χ0v) is 11.0. The maximum atomic E-state index is 11.4. The molecule has 0 aliphatic carbocycles. The van der Waals surface area contributed by atoms with Gasteiger partial charge in [-0.1, -0.05) is 18.2 Å². The van der Waals surface area contributed by atoms with Crippen molar-refractivity contribution < 1.29 is 9.59 Å². The van der Waals surface area contributed by atoms with Gasteiger partial charge in [-0.15, -0.1) is 0 Å². The molecule has 0 unspecified atom stereocenters. The van der Waals surface area contributed by atoms with Crippen molar-refractivity contribution in [3.63, 3.8) is 0 Å². The molecule has 0 saturated heterocycles. The van der Waals surface area contributed by atoms with Gasteiger partial charge < -0.3 is 16.0 Å². The van der Waals surface area contributed by atoms with Crippen LogP contribution in [0.4, 0.5) is 17.1 Å². The highest BCUT2D eigenvalue weighted by Crippen LogP contribution is 2.18. The average Bonchev–Trinajstić information content (AvgIpc) is 2.49. The number of hydrogen-bond acceptors (Lipinski definition) is 3. The molecule has 0 aliphatic heterocycles. The molecule has 2 rings (SSSR count). The zero-order chi connectivity index (χ0) is 14.4. The van der Waals surface area contributed by atoms with Crippen LogP contribution in [0, 0.1) is 0 Å². The molecule has 0 saturated carbocycles. The van der Waals surface area contributed by atoms with E-state index in [0.717, 1.165) is 11.4 Å². The summed E-state index contributed by atoms with van der Waals surface area (Å²) < 4.78 is 0. The number of likely N-dealkylation sites (N-methyl/N-ethyl adjacent to an activating group) is 1. The Morgan fingerprint density at radius 1 is 0.750 bits per heavy atom. The van der Waals surface area contributed by atoms with Gasteiger partial charge in [-0.05, 0) is 36.4 Å². The number of para-hydroxylation sites is 1. The lowest BCUT2D eigenvalue weighted by molar-refractivity contribution is -0.135. The first-order chi connectivity index (χ1) is 9.69. The number of amides is 2. The van der Waals surface area contributed by atoms with Crippen LogP contribution in [0.15, 0.2) is 54.6 Å². The molecule has 0 fully saturated rings. The van der Waals surface area contributed by atoms with E-state index >= 15 is 0 Å². The fourth-order valence-electron chi connectivity index (χ4n) is 1.63. The van der Waals surface area contributed by atoms with Crippen LogP contribution in [-0.2, 0) is 9.59 Å². The van der Waals surface area contributed by atoms with Crippen molar-refractivity contribution in [2.24, 2.45) is 0 Å². The zero-order valence-electron chi connectivity index (χ0n) is 11.0. The molecule has 0 heterocycles. The van der Waals surface area contributed by atoms with E-state index in [0.29, 0.717) is 5.69 Å². The number of rotatable bonds is 3. The van der Waals surface area contributed by atoms with Crippen LogP contribution in [0.5, 0.6) is 0 Å². The molecule has 0 bridgehead atoms. The van der Waals surface area contributed by atoms with Gasteiger partial charge >= 0.3 is 11.8 Å². The molecule has 3 N–H and O–H groups in total. The first kappa shape index (κ1) is 13.6. The lowest BCUT2D eigenvalue weighted by Gasteiger charge is -2.08. The molecule has 2 aromatic rings. The molecule has 20 heavy (non-hydrogen) atoms. The maximum Gasteiger partial charge on any atom is 0.313 e. The summed E-state index contributed by atoms with van der Waals surface area (Å²) in [5.41, 5.74) is 2.45. The van der Waals surface area contributed by atoms with E-state index in [9.17, 15) is 9.59 Å². The number of carbonyl (C=O) groups is 2. The number of benzene rings is 2. The van der Waals surface area contributed by atoms with Crippen LogP contribution in [0.25, 0.3) is 0 Å². The summed E-state index contributed by atoms with van der Waals surface area (Å²) in [6.45, 7) is 0. The van der Waals surface area contributed by atoms with Crippen LogP contribution < -0.4 is 16.0 Å². The van der Waals surface area contributed by atoms with Gasteiger partial charge in [0, 0.05) is 24.1 Å². The van der Waals surface area contributed by atoms with Gasteiger partial charge in [0.15, 0.2) is 0 Å².